The molecule has 0 radical (unpaired) electrons. The van der Waals surface area contributed by atoms with E-state index in [9.17, 15) is 20.2 Å². The highest BCUT2D eigenvalue weighted by Crippen LogP contribution is 2.34. The number of nitriles is 1. The van der Waals surface area contributed by atoms with Crippen molar-refractivity contribution in [2.24, 2.45) is 0 Å². The number of hydrogen-bond donors (Lipinski definition) is 1. The van der Waals surface area contributed by atoms with Crippen LogP contribution in [0.4, 0.5) is 11.4 Å². The van der Waals surface area contributed by atoms with Crippen molar-refractivity contribution in [1.29, 1.82) is 5.26 Å². The van der Waals surface area contributed by atoms with Crippen LogP contribution in [-0.4, -0.2) is 17.9 Å². The summed E-state index contributed by atoms with van der Waals surface area (Å²) in [4.78, 5) is 23.8. The van der Waals surface area contributed by atoms with Gasteiger partial charge in [-0.1, -0.05) is 51.1 Å². The molecule has 0 aliphatic carbocycles. The number of para-hydroxylation sites is 2. The van der Waals surface area contributed by atoms with Crippen LogP contribution in [0.5, 0.6) is 17.2 Å². The van der Waals surface area contributed by atoms with Gasteiger partial charge in [-0.3, -0.25) is 14.9 Å². The first kappa shape index (κ1) is 25.0. The van der Waals surface area contributed by atoms with Gasteiger partial charge in [-0.05, 0) is 52.9 Å². The Morgan fingerprint density at radius 1 is 1.06 bits per heavy atom. The Morgan fingerprint density at radius 3 is 2.34 bits per heavy atom. The van der Waals surface area contributed by atoms with E-state index in [1.807, 2.05) is 18.2 Å². The average Bonchev–Trinajstić information content (AvgIpc) is 2.83. The minimum absolute atomic E-state index is 0.0328. The van der Waals surface area contributed by atoms with Crippen molar-refractivity contribution in [3.05, 3.63) is 93.5 Å². The summed E-state index contributed by atoms with van der Waals surface area (Å²) in [6.07, 6.45) is 1.28. The fourth-order valence-electron chi connectivity index (χ4n) is 3.26. The van der Waals surface area contributed by atoms with Gasteiger partial charge in [0.25, 0.3) is 5.91 Å². The van der Waals surface area contributed by atoms with Gasteiger partial charge in [-0.25, -0.2) is 0 Å². The van der Waals surface area contributed by atoms with Gasteiger partial charge in [0.1, 0.15) is 23.1 Å². The molecular weight excluding hydrogens is 446 g/mol. The lowest BCUT2D eigenvalue weighted by atomic mass is 9.87. The first-order chi connectivity index (χ1) is 16.6. The van der Waals surface area contributed by atoms with E-state index >= 15 is 0 Å². The van der Waals surface area contributed by atoms with Crippen molar-refractivity contribution >= 4 is 23.4 Å². The molecule has 0 aromatic heterocycles. The Morgan fingerprint density at radius 2 is 1.74 bits per heavy atom. The van der Waals surface area contributed by atoms with Crippen LogP contribution in [0, 0.1) is 21.4 Å². The molecule has 3 aromatic rings. The number of amides is 1. The summed E-state index contributed by atoms with van der Waals surface area (Å²) >= 11 is 0. The molecule has 35 heavy (non-hydrogen) atoms. The number of rotatable bonds is 7. The van der Waals surface area contributed by atoms with E-state index in [-0.39, 0.29) is 22.4 Å². The summed E-state index contributed by atoms with van der Waals surface area (Å²) in [6, 6.07) is 20.2. The Labute approximate surface area is 203 Å². The molecule has 0 heterocycles. The maximum Gasteiger partial charge on any atom is 0.312 e. The first-order valence-corrected chi connectivity index (χ1v) is 10.8. The van der Waals surface area contributed by atoms with Crippen LogP contribution in [0.1, 0.15) is 31.9 Å². The fraction of sp³-hybridized carbons (Fsp3) is 0.185. The molecule has 8 nitrogen and oxygen atoms in total. The van der Waals surface area contributed by atoms with Crippen LogP contribution in [0.15, 0.2) is 72.3 Å². The molecule has 0 bridgehead atoms. The zero-order valence-corrected chi connectivity index (χ0v) is 19.9. The standard InChI is InChI=1S/C27H25N3O5/c1-27(2,3)20-10-12-21(13-11-20)35-25-14-9-18(16-23(25)30(32)33)15-19(17-28)26(31)29-22-7-5-6-8-24(22)34-4/h5-16H,1-4H3,(H,29,31). The summed E-state index contributed by atoms with van der Waals surface area (Å²) in [5.74, 6) is 0.274. The molecule has 0 saturated carbocycles. The first-order valence-electron chi connectivity index (χ1n) is 10.8. The second-order valence-electron chi connectivity index (χ2n) is 8.68. The minimum Gasteiger partial charge on any atom is -0.495 e. The monoisotopic (exact) mass is 471 g/mol. The zero-order valence-electron chi connectivity index (χ0n) is 19.9. The molecule has 0 fully saturated rings. The predicted octanol–water partition coefficient (Wildman–Crippen LogP) is 6.24. The molecule has 0 atom stereocenters. The Hall–Kier alpha value is -4.64. The number of nitro groups is 1. The van der Waals surface area contributed by atoms with E-state index in [4.69, 9.17) is 9.47 Å². The molecular formula is C27H25N3O5. The van der Waals surface area contributed by atoms with Gasteiger partial charge in [-0.15, -0.1) is 0 Å². The lowest BCUT2D eigenvalue weighted by molar-refractivity contribution is -0.385. The Balaban J connectivity index is 1.86. The molecule has 0 spiro atoms. The number of ether oxygens (including phenoxy) is 2. The molecule has 178 valence electrons. The quantitative estimate of drug-likeness (QED) is 0.189. The summed E-state index contributed by atoms with van der Waals surface area (Å²) in [5, 5.41) is 23.8. The number of nitrogens with zero attached hydrogens (tertiary/aromatic N) is 2. The van der Waals surface area contributed by atoms with Crippen LogP contribution in [-0.2, 0) is 10.2 Å². The van der Waals surface area contributed by atoms with Crippen molar-refractivity contribution in [3.63, 3.8) is 0 Å². The smallest absolute Gasteiger partial charge is 0.312 e. The number of methoxy groups -OCH3 is 1. The molecule has 0 saturated heterocycles. The van der Waals surface area contributed by atoms with Gasteiger partial charge in [0, 0.05) is 6.07 Å². The third-order valence-corrected chi connectivity index (χ3v) is 5.16. The van der Waals surface area contributed by atoms with Gasteiger partial charge in [0.05, 0.1) is 17.7 Å². The summed E-state index contributed by atoms with van der Waals surface area (Å²) < 4.78 is 11.0. The van der Waals surface area contributed by atoms with Gasteiger partial charge in [-0.2, -0.15) is 5.26 Å². The molecule has 0 unspecified atom stereocenters. The number of nitro benzene ring substituents is 1. The van der Waals surface area contributed by atoms with E-state index in [0.717, 1.165) is 5.56 Å². The van der Waals surface area contributed by atoms with Crippen molar-refractivity contribution in [3.8, 4) is 23.3 Å². The molecule has 1 N–H and O–H groups in total. The van der Waals surface area contributed by atoms with Crippen molar-refractivity contribution in [1.82, 2.24) is 0 Å². The van der Waals surface area contributed by atoms with Gasteiger partial charge < -0.3 is 14.8 Å². The summed E-state index contributed by atoms with van der Waals surface area (Å²) in [6.45, 7) is 6.27. The Kier molecular flexibility index (Phi) is 7.52. The highest BCUT2D eigenvalue weighted by atomic mass is 16.6. The van der Waals surface area contributed by atoms with Crippen LogP contribution in [0.2, 0.25) is 0 Å². The molecule has 8 heteroatoms. The normalized spacial score (nSPS) is 11.3. The maximum atomic E-state index is 12.6. The average molecular weight is 472 g/mol. The largest absolute Gasteiger partial charge is 0.495 e. The molecule has 0 aliphatic heterocycles. The van der Waals surface area contributed by atoms with Crippen molar-refractivity contribution in [2.45, 2.75) is 26.2 Å². The Bertz CT molecular complexity index is 1320. The molecule has 0 aliphatic rings. The van der Waals surface area contributed by atoms with Gasteiger partial charge in [0.15, 0.2) is 0 Å². The maximum absolute atomic E-state index is 12.6. The minimum atomic E-state index is -0.668. The predicted molar refractivity (Wildman–Crippen MR) is 134 cm³/mol. The number of carbonyl (C=O) groups excluding carboxylic acids is 1. The fourth-order valence-corrected chi connectivity index (χ4v) is 3.26. The number of carbonyl (C=O) groups is 1. The van der Waals surface area contributed by atoms with E-state index < -0.39 is 10.8 Å². The summed E-state index contributed by atoms with van der Waals surface area (Å²) in [5.41, 5.74) is 1.26. The lowest BCUT2D eigenvalue weighted by Gasteiger charge is -2.19. The number of hydrogen-bond acceptors (Lipinski definition) is 6. The van der Waals surface area contributed by atoms with Crippen LogP contribution < -0.4 is 14.8 Å². The molecule has 3 rings (SSSR count). The van der Waals surface area contributed by atoms with Gasteiger partial charge in [0.2, 0.25) is 5.75 Å². The van der Waals surface area contributed by atoms with E-state index in [2.05, 4.69) is 26.1 Å². The number of anilines is 1. The van der Waals surface area contributed by atoms with Crippen LogP contribution >= 0.6 is 0 Å². The molecule has 3 aromatic carbocycles. The number of benzene rings is 3. The summed E-state index contributed by atoms with van der Waals surface area (Å²) in [7, 11) is 1.47. The van der Waals surface area contributed by atoms with Gasteiger partial charge >= 0.3 is 5.69 Å². The SMILES string of the molecule is COc1ccccc1NC(=O)C(C#N)=Cc1ccc(Oc2ccc(C(C)(C)C)cc2)c([N+](=O)[O-])c1. The lowest BCUT2D eigenvalue weighted by Crippen LogP contribution is -2.14. The van der Waals surface area contributed by atoms with Crippen LogP contribution in [0.25, 0.3) is 6.08 Å². The van der Waals surface area contributed by atoms with Crippen molar-refractivity contribution < 1.29 is 19.2 Å². The van der Waals surface area contributed by atoms with E-state index in [1.54, 1.807) is 42.5 Å². The second kappa shape index (κ2) is 10.5. The van der Waals surface area contributed by atoms with E-state index in [1.165, 1.54) is 25.3 Å². The second-order valence-corrected chi connectivity index (χ2v) is 8.68. The third kappa shape index (κ3) is 6.24. The highest BCUT2D eigenvalue weighted by Gasteiger charge is 2.19. The zero-order chi connectivity index (χ0) is 25.6. The van der Waals surface area contributed by atoms with Crippen LogP contribution in [0.3, 0.4) is 0 Å². The van der Waals surface area contributed by atoms with Crippen molar-refractivity contribution in [2.75, 3.05) is 12.4 Å². The third-order valence-electron chi connectivity index (χ3n) is 5.16. The topological polar surface area (TPSA) is 114 Å². The van der Waals surface area contributed by atoms with E-state index in [0.29, 0.717) is 22.7 Å². The number of nitrogens with one attached hydrogen (secondary N) is 1. The molecule has 1 amide bonds. The highest BCUT2D eigenvalue weighted by molar-refractivity contribution is 6.10.